The number of ether oxygens (including phenoxy) is 1. The Bertz CT molecular complexity index is 573. The second-order valence-corrected chi connectivity index (χ2v) is 4.67. The Morgan fingerprint density at radius 2 is 2.05 bits per heavy atom. The van der Waals surface area contributed by atoms with Crippen molar-refractivity contribution in [3.8, 4) is 0 Å². The average molecular weight is 321 g/mol. The van der Waals surface area contributed by atoms with Crippen LogP contribution in [-0.2, 0) is 10.9 Å². The summed E-state index contributed by atoms with van der Waals surface area (Å²) in [6.07, 6.45) is -4.89. The largest absolute Gasteiger partial charge is 0.423 e. The van der Waals surface area contributed by atoms with Crippen molar-refractivity contribution in [2.75, 3.05) is 43.3 Å². The molecule has 0 aliphatic carbocycles. The zero-order valence-electron chi connectivity index (χ0n) is 11.6. The van der Waals surface area contributed by atoms with Gasteiger partial charge in [0.15, 0.2) is 0 Å². The van der Waals surface area contributed by atoms with Crippen LogP contribution < -0.4 is 15.8 Å². The molecule has 2 rings (SSSR count). The van der Waals surface area contributed by atoms with E-state index in [0.717, 1.165) is 0 Å². The van der Waals surface area contributed by atoms with E-state index in [0.29, 0.717) is 37.4 Å². The Balaban J connectivity index is 2.62. The predicted molar refractivity (Wildman–Crippen MR) is 71.5 cm³/mol. The first kappa shape index (κ1) is 16.2. The van der Waals surface area contributed by atoms with Gasteiger partial charge in [-0.25, -0.2) is 10.8 Å². The fourth-order valence-electron chi connectivity index (χ4n) is 2.11. The number of morpholine rings is 1. The van der Waals surface area contributed by atoms with Gasteiger partial charge in [0.05, 0.1) is 18.1 Å². The number of aromatic nitrogens is 1. The Labute approximate surface area is 123 Å². The fourth-order valence-corrected chi connectivity index (χ4v) is 2.11. The van der Waals surface area contributed by atoms with Gasteiger partial charge >= 0.3 is 11.9 Å². The number of halogens is 3. The average Bonchev–Trinajstić information content (AvgIpc) is 2.45. The van der Waals surface area contributed by atoms with Gasteiger partial charge in [-0.1, -0.05) is 0 Å². The third-order valence-corrected chi connectivity index (χ3v) is 3.12. The Morgan fingerprint density at radius 3 is 2.50 bits per heavy atom. The summed E-state index contributed by atoms with van der Waals surface area (Å²) >= 11 is 0. The summed E-state index contributed by atoms with van der Waals surface area (Å²) in [4.78, 5) is 15.4. The summed E-state index contributed by atoms with van der Waals surface area (Å²) < 4.78 is 44.6. The topological polar surface area (TPSA) is 97.8 Å². The molecule has 1 aromatic heterocycles. The van der Waals surface area contributed by atoms with Crippen LogP contribution >= 0.6 is 0 Å². The predicted octanol–water partition coefficient (Wildman–Crippen LogP) is 1.16. The van der Waals surface area contributed by atoms with E-state index in [-0.39, 0.29) is 5.82 Å². The highest BCUT2D eigenvalue weighted by Crippen LogP contribution is 2.41. The van der Waals surface area contributed by atoms with Crippen molar-refractivity contribution >= 4 is 17.3 Å². The molecule has 0 aromatic carbocycles. The number of nitrogens with zero attached hydrogens (tertiary/aromatic N) is 4. The smallest absolute Gasteiger partial charge is 0.378 e. The monoisotopic (exact) mass is 321 g/mol. The summed E-state index contributed by atoms with van der Waals surface area (Å²) in [5.74, 6) is 4.86. The van der Waals surface area contributed by atoms with Gasteiger partial charge in [-0.3, -0.25) is 15.1 Å². The number of alkyl halides is 3. The van der Waals surface area contributed by atoms with E-state index in [1.165, 1.54) is 7.05 Å². The minimum atomic E-state index is -4.89. The zero-order chi connectivity index (χ0) is 16.5. The van der Waals surface area contributed by atoms with E-state index in [1.807, 2.05) is 0 Å². The molecule has 0 atom stereocenters. The molecule has 2 heterocycles. The van der Waals surface area contributed by atoms with Gasteiger partial charge in [-0.05, 0) is 0 Å². The molecule has 0 saturated carbocycles. The van der Waals surface area contributed by atoms with Crippen molar-refractivity contribution in [2.45, 2.75) is 6.18 Å². The van der Waals surface area contributed by atoms with Gasteiger partial charge in [0, 0.05) is 26.2 Å². The van der Waals surface area contributed by atoms with Gasteiger partial charge in [-0.15, -0.1) is 0 Å². The van der Waals surface area contributed by atoms with Crippen molar-refractivity contribution in [3.63, 3.8) is 0 Å². The van der Waals surface area contributed by atoms with Crippen LogP contribution in [0.1, 0.15) is 5.56 Å². The summed E-state index contributed by atoms with van der Waals surface area (Å²) in [5.41, 5.74) is -2.53. The number of hydrazine groups is 1. The van der Waals surface area contributed by atoms with Crippen molar-refractivity contribution in [2.24, 2.45) is 5.84 Å². The second-order valence-electron chi connectivity index (χ2n) is 4.67. The maximum atomic E-state index is 13.2. The van der Waals surface area contributed by atoms with Crippen LogP contribution in [0.25, 0.3) is 0 Å². The zero-order valence-corrected chi connectivity index (χ0v) is 11.6. The molecule has 1 aliphatic heterocycles. The van der Waals surface area contributed by atoms with Gasteiger partial charge in [-0.2, -0.15) is 13.2 Å². The molecule has 0 bridgehead atoms. The Hall–Kier alpha value is -2.14. The molecule has 1 aliphatic rings. The molecule has 0 amide bonds. The van der Waals surface area contributed by atoms with Gasteiger partial charge < -0.3 is 9.64 Å². The van der Waals surface area contributed by atoms with E-state index < -0.39 is 28.2 Å². The molecule has 22 heavy (non-hydrogen) atoms. The molecule has 1 fully saturated rings. The first-order chi connectivity index (χ1) is 10.2. The first-order valence-corrected chi connectivity index (χ1v) is 6.29. The van der Waals surface area contributed by atoms with E-state index >= 15 is 0 Å². The third kappa shape index (κ3) is 3.20. The molecule has 2 N–H and O–H groups in total. The van der Waals surface area contributed by atoms with Crippen LogP contribution in [0, 0.1) is 10.1 Å². The molecular weight excluding hydrogens is 307 g/mol. The summed E-state index contributed by atoms with van der Waals surface area (Å²) in [6.45, 7) is 1.37. The molecule has 1 aromatic rings. The van der Waals surface area contributed by atoms with Gasteiger partial charge in [0.1, 0.15) is 11.4 Å². The lowest BCUT2D eigenvalue weighted by Gasteiger charge is -2.29. The molecular formula is C11H14F3N5O3. The van der Waals surface area contributed by atoms with E-state index in [1.54, 1.807) is 4.90 Å². The molecule has 0 unspecified atom stereocenters. The number of nitrogens with two attached hydrogens (primary N) is 1. The van der Waals surface area contributed by atoms with Crippen molar-refractivity contribution in [3.05, 3.63) is 21.7 Å². The first-order valence-electron chi connectivity index (χ1n) is 6.29. The molecule has 0 radical (unpaired) electrons. The number of hydrogen-bond donors (Lipinski definition) is 1. The highest BCUT2D eigenvalue weighted by Gasteiger charge is 2.42. The lowest BCUT2D eigenvalue weighted by Crippen LogP contribution is -2.37. The molecule has 122 valence electrons. The second kappa shape index (κ2) is 5.93. The van der Waals surface area contributed by atoms with Gasteiger partial charge in [0.25, 0.3) is 0 Å². The quantitative estimate of drug-likeness (QED) is 0.506. The molecule has 11 heteroatoms. The van der Waals surface area contributed by atoms with Gasteiger partial charge in [0.2, 0.25) is 5.82 Å². The maximum absolute atomic E-state index is 13.2. The normalized spacial score (nSPS) is 15.8. The van der Waals surface area contributed by atoms with Crippen molar-refractivity contribution < 1.29 is 22.8 Å². The lowest BCUT2D eigenvalue weighted by molar-refractivity contribution is -0.387. The number of hydrogen-bond acceptors (Lipinski definition) is 7. The van der Waals surface area contributed by atoms with Crippen LogP contribution in [0.3, 0.4) is 0 Å². The molecule has 1 saturated heterocycles. The summed E-state index contributed by atoms with van der Waals surface area (Å²) in [5, 5.41) is 11.7. The van der Waals surface area contributed by atoms with E-state index in [4.69, 9.17) is 10.6 Å². The lowest BCUT2D eigenvalue weighted by atomic mass is 10.2. The minimum absolute atomic E-state index is 0.0199. The number of pyridine rings is 1. The van der Waals surface area contributed by atoms with Crippen LogP contribution in [0.15, 0.2) is 6.07 Å². The number of rotatable bonds is 3. The molecule has 8 nitrogen and oxygen atoms in total. The summed E-state index contributed by atoms with van der Waals surface area (Å²) in [7, 11) is 1.19. The number of anilines is 2. The van der Waals surface area contributed by atoms with Crippen molar-refractivity contribution in [1.29, 1.82) is 0 Å². The van der Waals surface area contributed by atoms with E-state index in [9.17, 15) is 23.3 Å². The van der Waals surface area contributed by atoms with E-state index in [2.05, 4.69) is 4.98 Å². The fraction of sp³-hybridized carbons (Fsp3) is 0.545. The van der Waals surface area contributed by atoms with Crippen LogP contribution in [0.5, 0.6) is 0 Å². The van der Waals surface area contributed by atoms with Crippen LogP contribution in [-0.4, -0.2) is 43.3 Å². The minimum Gasteiger partial charge on any atom is -0.378 e. The standard InChI is InChI=1S/C11H14F3N5O3/c1-17(15)10-9(19(20)21)7(11(12,13)14)6-8(16-10)18-2-4-22-5-3-18/h6H,2-5,15H2,1H3. The maximum Gasteiger partial charge on any atom is 0.423 e. The highest BCUT2D eigenvalue weighted by molar-refractivity contribution is 5.66. The Kier molecular flexibility index (Phi) is 4.37. The highest BCUT2D eigenvalue weighted by atomic mass is 19.4. The number of nitro groups is 1. The molecule has 0 spiro atoms. The van der Waals surface area contributed by atoms with Crippen LogP contribution in [0.2, 0.25) is 0 Å². The SMILES string of the molecule is CN(N)c1nc(N2CCOCC2)cc(C(F)(F)F)c1[N+](=O)[O-]. The summed E-state index contributed by atoms with van der Waals surface area (Å²) in [6, 6.07) is 0.677. The Morgan fingerprint density at radius 1 is 1.45 bits per heavy atom. The third-order valence-electron chi connectivity index (χ3n) is 3.12. The van der Waals surface area contributed by atoms with Crippen LogP contribution in [0.4, 0.5) is 30.5 Å². The van der Waals surface area contributed by atoms with Crippen molar-refractivity contribution in [1.82, 2.24) is 4.98 Å².